The van der Waals surface area contributed by atoms with Crippen LogP contribution in [0.4, 0.5) is 5.69 Å². The van der Waals surface area contributed by atoms with Gasteiger partial charge in [0.1, 0.15) is 5.03 Å². The van der Waals surface area contributed by atoms with E-state index in [4.69, 9.17) is 11.6 Å². The lowest BCUT2D eigenvalue weighted by atomic mass is 10.1. The lowest BCUT2D eigenvalue weighted by Crippen LogP contribution is -2.24. The predicted octanol–water partition coefficient (Wildman–Crippen LogP) is 4.11. The lowest BCUT2D eigenvalue weighted by Gasteiger charge is -2.05. The van der Waals surface area contributed by atoms with Crippen molar-refractivity contribution < 1.29 is 9.72 Å². The molecule has 0 radical (unpaired) electrons. The maximum atomic E-state index is 12.0. The molecule has 0 saturated heterocycles. The van der Waals surface area contributed by atoms with Crippen LogP contribution in [0.1, 0.15) is 5.56 Å². The summed E-state index contributed by atoms with van der Waals surface area (Å²) in [6.07, 6.45) is 0. The number of thioether (sulfide) groups is 1. The largest absolute Gasteiger partial charge is 0.351 e. The summed E-state index contributed by atoms with van der Waals surface area (Å²) in [5.74, 6) is 0.0859. The molecule has 3 aromatic rings. The molecule has 0 bridgehead atoms. The minimum Gasteiger partial charge on any atom is -0.351 e. The molecule has 3 rings (SSSR count). The number of amides is 1. The van der Waals surface area contributed by atoms with E-state index in [0.29, 0.717) is 27.9 Å². The zero-order valence-electron chi connectivity index (χ0n) is 14.5. The molecule has 9 heteroatoms. The standard InChI is InChI=1S/C19H15ClN4O3S/c20-15-6-4-13(5-7-15)11-21-18(25)12-28-19-9-8-17(22-23-19)14-2-1-3-16(10-14)24(26)27/h1-10H,11-12H2,(H,21,25). The van der Waals surface area contributed by atoms with E-state index in [9.17, 15) is 14.9 Å². The smallest absolute Gasteiger partial charge is 0.270 e. The first-order chi connectivity index (χ1) is 13.5. The normalized spacial score (nSPS) is 10.5. The summed E-state index contributed by atoms with van der Waals surface area (Å²) >= 11 is 7.09. The summed E-state index contributed by atoms with van der Waals surface area (Å²) in [6, 6.07) is 16.9. The highest BCUT2D eigenvalue weighted by molar-refractivity contribution is 7.99. The quantitative estimate of drug-likeness (QED) is 0.355. The van der Waals surface area contributed by atoms with Crippen LogP contribution in [0.25, 0.3) is 11.3 Å². The van der Waals surface area contributed by atoms with Crippen molar-refractivity contribution in [2.24, 2.45) is 0 Å². The Balaban J connectivity index is 1.52. The van der Waals surface area contributed by atoms with E-state index in [2.05, 4.69) is 15.5 Å². The first kappa shape index (κ1) is 19.8. The van der Waals surface area contributed by atoms with Crippen LogP contribution >= 0.6 is 23.4 Å². The van der Waals surface area contributed by atoms with Crippen LogP contribution in [0.2, 0.25) is 5.02 Å². The van der Waals surface area contributed by atoms with Gasteiger partial charge in [-0.3, -0.25) is 14.9 Å². The van der Waals surface area contributed by atoms with Gasteiger partial charge in [-0.1, -0.05) is 47.6 Å². The Hall–Kier alpha value is -2.97. The van der Waals surface area contributed by atoms with E-state index in [1.54, 1.807) is 36.4 Å². The first-order valence-corrected chi connectivity index (χ1v) is 9.60. The molecule has 0 spiro atoms. The third-order valence-corrected chi connectivity index (χ3v) is 4.92. The van der Waals surface area contributed by atoms with Crippen LogP contribution in [0.3, 0.4) is 0 Å². The maximum absolute atomic E-state index is 12.0. The molecule has 0 saturated carbocycles. The van der Waals surface area contributed by atoms with Crippen molar-refractivity contribution in [3.63, 3.8) is 0 Å². The number of halogens is 1. The van der Waals surface area contributed by atoms with Crippen molar-refractivity contribution in [1.82, 2.24) is 15.5 Å². The molecule has 0 unspecified atom stereocenters. The number of rotatable bonds is 7. The van der Waals surface area contributed by atoms with Gasteiger partial charge in [0, 0.05) is 29.3 Å². The third kappa shape index (κ3) is 5.51. The number of nitro benzene ring substituents is 1. The van der Waals surface area contributed by atoms with Crippen molar-refractivity contribution in [1.29, 1.82) is 0 Å². The molecule has 0 fully saturated rings. The maximum Gasteiger partial charge on any atom is 0.270 e. The van der Waals surface area contributed by atoms with Gasteiger partial charge in [-0.05, 0) is 29.8 Å². The van der Waals surface area contributed by atoms with Gasteiger partial charge < -0.3 is 5.32 Å². The molecule has 1 aromatic heterocycles. The molecule has 1 amide bonds. The monoisotopic (exact) mass is 414 g/mol. The fourth-order valence-corrected chi connectivity index (χ4v) is 3.09. The van der Waals surface area contributed by atoms with E-state index >= 15 is 0 Å². The van der Waals surface area contributed by atoms with Crippen LogP contribution in [-0.2, 0) is 11.3 Å². The number of carbonyl (C=O) groups excluding carboxylic acids is 1. The topological polar surface area (TPSA) is 98.0 Å². The van der Waals surface area contributed by atoms with Gasteiger partial charge in [-0.2, -0.15) is 0 Å². The van der Waals surface area contributed by atoms with Gasteiger partial charge in [-0.15, -0.1) is 10.2 Å². The highest BCUT2D eigenvalue weighted by Crippen LogP contribution is 2.23. The number of hydrogen-bond donors (Lipinski definition) is 1. The Labute approximate surface area is 170 Å². The molecule has 1 heterocycles. The number of aromatic nitrogens is 2. The minimum atomic E-state index is -0.455. The number of carbonyl (C=O) groups is 1. The SMILES string of the molecule is O=C(CSc1ccc(-c2cccc([N+](=O)[O-])c2)nn1)NCc1ccc(Cl)cc1. The zero-order valence-corrected chi connectivity index (χ0v) is 16.1. The Bertz CT molecular complexity index is 981. The van der Waals surface area contributed by atoms with Gasteiger partial charge in [0.2, 0.25) is 5.91 Å². The average molecular weight is 415 g/mol. The second kappa shape index (κ2) is 9.29. The van der Waals surface area contributed by atoms with E-state index in [1.165, 1.54) is 23.9 Å². The summed E-state index contributed by atoms with van der Waals surface area (Å²) in [5.41, 5.74) is 2.10. The molecule has 28 heavy (non-hydrogen) atoms. The lowest BCUT2D eigenvalue weighted by molar-refractivity contribution is -0.384. The van der Waals surface area contributed by atoms with Crippen LogP contribution < -0.4 is 5.32 Å². The van der Waals surface area contributed by atoms with Crippen molar-refractivity contribution in [3.05, 3.63) is 81.4 Å². The molecule has 0 aliphatic rings. The minimum absolute atomic E-state index is 0.00453. The van der Waals surface area contributed by atoms with E-state index in [1.807, 2.05) is 12.1 Å². The molecular weight excluding hydrogens is 400 g/mol. The Morgan fingerprint density at radius 3 is 2.57 bits per heavy atom. The number of non-ortho nitro benzene ring substituents is 1. The highest BCUT2D eigenvalue weighted by atomic mass is 35.5. The van der Waals surface area contributed by atoms with E-state index in [0.717, 1.165) is 5.56 Å². The number of nitrogens with zero attached hydrogens (tertiary/aromatic N) is 3. The van der Waals surface area contributed by atoms with Crippen molar-refractivity contribution in [2.45, 2.75) is 11.6 Å². The van der Waals surface area contributed by atoms with Crippen LogP contribution in [0.5, 0.6) is 0 Å². The van der Waals surface area contributed by atoms with Gasteiger partial charge in [-0.25, -0.2) is 0 Å². The van der Waals surface area contributed by atoms with Crippen LogP contribution in [0.15, 0.2) is 65.7 Å². The van der Waals surface area contributed by atoms with Gasteiger partial charge >= 0.3 is 0 Å². The van der Waals surface area contributed by atoms with Crippen LogP contribution in [0, 0.1) is 10.1 Å². The summed E-state index contributed by atoms with van der Waals surface area (Å²) in [4.78, 5) is 22.4. The fraction of sp³-hybridized carbons (Fsp3) is 0.105. The Kier molecular flexibility index (Phi) is 6.57. The van der Waals surface area contributed by atoms with E-state index < -0.39 is 4.92 Å². The van der Waals surface area contributed by atoms with Crippen molar-refractivity contribution in [3.8, 4) is 11.3 Å². The molecule has 1 N–H and O–H groups in total. The summed E-state index contributed by atoms with van der Waals surface area (Å²) in [7, 11) is 0. The molecule has 0 atom stereocenters. The second-order valence-electron chi connectivity index (χ2n) is 5.76. The molecule has 7 nitrogen and oxygen atoms in total. The van der Waals surface area contributed by atoms with Crippen molar-refractivity contribution in [2.75, 3.05) is 5.75 Å². The van der Waals surface area contributed by atoms with Gasteiger partial charge in [0.15, 0.2) is 0 Å². The van der Waals surface area contributed by atoms with Gasteiger partial charge in [0.05, 0.1) is 16.4 Å². The molecule has 0 aliphatic heterocycles. The first-order valence-electron chi connectivity index (χ1n) is 8.24. The summed E-state index contributed by atoms with van der Waals surface area (Å²) in [5, 5.41) is 23.1. The van der Waals surface area contributed by atoms with Crippen LogP contribution in [-0.4, -0.2) is 26.8 Å². The summed E-state index contributed by atoms with van der Waals surface area (Å²) < 4.78 is 0. The molecular formula is C19H15ClN4O3S. The number of nitro groups is 1. The third-order valence-electron chi connectivity index (χ3n) is 3.75. The molecule has 2 aromatic carbocycles. The van der Waals surface area contributed by atoms with Gasteiger partial charge in [0.25, 0.3) is 5.69 Å². The predicted molar refractivity (Wildman–Crippen MR) is 108 cm³/mol. The van der Waals surface area contributed by atoms with E-state index in [-0.39, 0.29) is 17.3 Å². The Morgan fingerprint density at radius 2 is 1.89 bits per heavy atom. The molecule has 142 valence electrons. The fourth-order valence-electron chi connectivity index (χ4n) is 2.32. The highest BCUT2D eigenvalue weighted by Gasteiger charge is 2.09. The number of hydrogen-bond acceptors (Lipinski definition) is 6. The number of nitrogens with one attached hydrogen (secondary N) is 1. The molecule has 0 aliphatic carbocycles. The zero-order chi connectivity index (χ0) is 19.9. The number of benzene rings is 2. The van der Waals surface area contributed by atoms with Crippen molar-refractivity contribution >= 4 is 35.0 Å². The Morgan fingerprint density at radius 1 is 1.11 bits per heavy atom. The second-order valence-corrected chi connectivity index (χ2v) is 7.19. The summed E-state index contributed by atoms with van der Waals surface area (Å²) in [6.45, 7) is 0.425. The average Bonchev–Trinajstić information content (AvgIpc) is 2.72.